The van der Waals surface area contributed by atoms with Crippen molar-refractivity contribution in [1.82, 2.24) is 4.98 Å². The summed E-state index contributed by atoms with van der Waals surface area (Å²) < 4.78 is 0. The molecule has 0 radical (unpaired) electrons. The largest absolute Gasteiger partial charge is 0.507 e. The Morgan fingerprint density at radius 2 is 1.54 bits per heavy atom. The van der Waals surface area contributed by atoms with E-state index in [1.165, 1.54) is 26.0 Å². The van der Waals surface area contributed by atoms with Crippen molar-refractivity contribution in [2.45, 2.75) is 13.8 Å². The number of ketones is 2. The quantitative estimate of drug-likeness (QED) is 0.690. The van der Waals surface area contributed by atoms with E-state index in [0.29, 0.717) is 22.2 Å². The maximum Gasteiger partial charge on any atom is 0.163 e. The summed E-state index contributed by atoms with van der Waals surface area (Å²) in [6.07, 6.45) is 3.49. The molecule has 0 saturated heterocycles. The van der Waals surface area contributed by atoms with Crippen molar-refractivity contribution in [3.63, 3.8) is 0 Å². The van der Waals surface area contributed by atoms with E-state index in [4.69, 9.17) is 0 Å². The molecule has 0 aliphatic carbocycles. The third kappa shape index (κ3) is 3.32. The minimum absolute atomic E-state index is 0.00347. The summed E-state index contributed by atoms with van der Waals surface area (Å²) in [5.74, 6) is -0.367. The predicted octanol–water partition coefficient (Wildman–Crippen LogP) is 4.22. The first-order valence-corrected chi connectivity index (χ1v) is 8.02. The van der Waals surface area contributed by atoms with Gasteiger partial charge in [0.15, 0.2) is 11.6 Å². The lowest BCUT2D eigenvalue weighted by Crippen LogP contribution is -1.95. The van der Waals surface area contributed by atoms with Gasteiger partial charge in [-0.2, -0.15) is 0 Å². The highest BCUT2D eigenvalue weighted by Crippen LogP contribution is 2.27. The number of nitrogens with zero attached hydrogens (tertiary/aromatic N) is 1. The van der Waals surface area contributed by atoms with E-state index < -0.39 is 0 Å². The molecule has 0 aliphatic heterocycles. The summed E-state index contributed by atoms with van der Waals surface area (Å²) in [6, 6.07) is 11.3. The number of rotatable bonds is 4. The van der Waals surface area contributed by atoms with Crippen LogP contribution in [0, 0.1) is 0 Å². The summed E-state index contributed by atoms with van der Waals surface area (Å²) >= 11 is 0. The first-order valence-electron chi connectivity index (χ1n) is 8.02. The van der Waals surface area contributed by atoms with Gasteiger partial charge in [-0.15, -0.1) is 0 Å². The third-order valence-corrected chi connectivity index (χ3v) is 4.08. The summed E-state index contributed by atoms with van der Waals surface area (Å²) in [7, 11) is 0. The monoisotopic (exact) mass is 347 g/mol. The van der Waals surface area contributed by atoms with Crippen LogP contribution < -0.4 is 0 Å². The zero-order chi connectivity index (χ0) is 18.8. The van der Waals surface area contributed by atoms with Gasteiger partial charge in [0.1, 0.15) is 17.0 Å². The van der Waals surface area contributed by atoms with E-state index in [1.807, 2.05) is 0 Å². The molecule has 5 heteroatoms. The Morgan fingerprint density at radius 1 is 0.846 bits per heavy atom. The number of aromatic hydroxyl groups is 2. The molecule has 0 fully saturated rings. The zero-order valence-corrected chi connectivity index (χ0v) is 14.4. The van der Waals surface area contributed by atoms with Gasteiger partial charge in [-0.25, -0.2) is 4.98 Å². The van der Waals surface area contributed by atoms with Gasteiger partial charge < -0.3 is 10.2 Å². The number of carbonyl (C=O) groups is 2. The molecule has 0 amide bonds. The second-order valence-electron chi connectivity index (χ2n) is 5.99. The lowest BCUT2D eigenvalue weighted by molar-refractivity contribution is 0.100. The van der Waals surface area contributed by atoms with Crippen LogP contribution in [0.2, 0.25) is 0 Å². The Morgan fingerprint density at radius 3 is 2.23 bits per heavy atom. The molecule has 0 spiro atoms. The molecule has 0 aliphatic rings. The molecule has 130 valence electrons. The van der Waals surface area contributed by atoms with Gasteiger partial charge in [0.25, 0.3) is 0 Å². The Hall–Kier alpha value is -3.47. The van der Waals surface area contributed by atoms with Gasteiger partial charge in [0.2, 0.25) is 0 Å². The van der Waals surface area contributed by atoms with Crippen LogP contribution in [0.4, 0.5) is 0 Å². The van der Waals surface area contributed by atoms with Gasteiger partial charge in [-0.05, 0) is 61.9 Å². The number of phenols is 2. The van der Waals surface area contributed by atoms with Crippen LogP contribution in [0.5, 0.6) is 11.5 Å². The van der Waals surface area contributed by atoms with Crippen molar-refractivity contribution in [2.24, 2.45) is 0 Å². The summed E-state index contributed by atoms with van der Waals surface area (Å²) in [4.78, 5) is 27.6. The van der Waals surface area contributed by atoms with Gasteiger partial charge >= 0.3 is 0 Å². The first-order chi connectivity index (χ1) is 12.4. The molecular weight excluding hydrogens is 330 g/mol. The standard InChI is InChI=1S/C21H17NO4/c1-12(23)16-8-10-20(26)21-17(16)7-6-15(22-21)5-3-14-4-9-19(25)18(11-14)13(2)24/h3-11,25-26H,1-2H3/b5-3+. The Bertz CT molecular complexity index is 1070. The highest BCUT2D eigenvalue weighted by Gasteiger charge is 2.10. The minimum atomic E-state index is -0.219. The van der Waals surface area contributed by atoms with Crippen LogP contribution in [0.3, 0.4) is 0 Å². The fourth-order valence-electron chi connectivity index (χ4n) is 2.74. The third-order valence-electron chi connectivity index (χ3n) is 4.08. The number of carbonyl (C=O) groups excluding carboxylic acids is 2. The van der Waals surface area contributed by atoms with Crippen LogP contribution in [0.1, 0.15) is 45.8 Å². The molecule has 0 bridgehead atoms. The maximum atomic E-state index is 11.7. The lowest BCUT2D eigenvalue weighted by Gasteiger charge is -2.06. The molecule has 26 heavy (non-hydrogen) atoms. The van der Waals surface area contributed by atoms with Crippen molar-refractivity contribution < 1.29 is 19.8 Å². The highest BCUT2D eigenvalue weighted by molar-refractivity contribution is 6.07. The van der Waals surface area contributed by atoms with Crippen molar-refractivity contribution in [2.75, 3.05) is 0 Å². The van der Waals surface area contributed by atoms with E-state index in [-0.39, 0.29) is 28.6 Å². The maximum absolute atomic E-state index is 11.7. The van der Waals surface area contributed by atoms with E-state index in [2.05, 4.69) is 4.98 Å². The first kappa shape index (κ1) is 17.4. The molecule has 2 aromatic carbocycles. The molecule has 3 rings (SSSR count). The predicted molar refractivity (Wildman–Crippen MR) is 100 cm³/mol. The smallest absolute Gasteiger partial charge is 0.163 e. The van der Waals surface area contributed by atoms with Gasteiger partial charge in [-0.1, -0.05) is 12.1 Å². The molecule has 2 N–H and O–H groups in total. The number of aromatic nitrogens is 1. The average molecular weight is 347 g/mol. The van der Waals surface area contributed by atoms with Gasteiger partial charge in [0.05, 0.1) is 11.3 Å². The topological polar surface area (TPSA) is 87.5 Å². The van der Waals surface area contributed by atoms with E-state index in [0.717, 1.165) is 5.56 Å². The van der Waals surface area contributed by atoms with Crippen LogP contribution >= 0.6 is 0 Å². The summed E-state index contributed by atoms with van der Waals surface area (Å²) in [5, 5.41) is 20.3. The van der Waals surface area contributed by atoms with Crippen molar-refractivity contribution in [1.29, 1.82) is 0 Å². The van der Waals surface area contributed by atoms with E-state index in [1.54, 1.807) is 42.5 Å². The number of fused-ring (bicyclic) bond motifs is 1. The molecule has 5 nitrogen and oxygen atoms in total. The van der Waals surface area contributed by atoms with Crippen LogP contribution in [0.15, 0.2) is 42.5 Å². The zero-order valence-electron chi connectivity index (χ0n) is 14.4. The number of phenolic OH excluding ortho intramolecular Hbond substituents is 2. The molecule has 0 saturated carbocycles. The Balaban J connectivity index is 2.01. The molecule has 1 aromatic heterocycles. The van der Waals surface area contributed by atoms with E-state index >= 15 is 0 Å². The van der Waals surface area contributed by atoms with Crippen molar-refractivity contribution in [3.05, 3.63) is 64.8 Å². The van der Waals surface area contributed by atoms with Gasteiger partial charge in [-0.3, -0.25) is 9.59 Å². The molecule has 0 atom stereocenters. The molecule has 3 aromatic rings. The highest BCUT2D eigenvalue weighted by atomic mass is 16.3. The van der Waals surface area contributed by atoms with Crippen LogP contribution in [0.25, 0.3) is 23.1 Å². The minimum Gasteiger partial charge on any atom is -0.507 e. The summed E-state index contributed by atoms with van der Waals surface area (Å²) in [6.45, 7) is 2.86. The van der Waals surface area contributed by atoms with Crippen molar-refractivity contribution in [3.8, 4) is 11.5 Å². The second kappa shape index (κ2) is 6.80. The number of hydrogen-bond donors (Lipinski definition) is 2. The summed E-state index contributed by atoms with van der Waals surface area (Å²) in [5.41, 5.74) is 2.44. The van der Waals surface area contributed by atoms with Crippen LogP contribution in [-0.4, -0.2) is 26.8 Å². The molecule has 1 heterocycles. The molecular formula is C21H17NO4. The average Bonchev–Trinajstić information content (AvgIpc) is 2.61. The fraction of sp³-hybridized carbons (Fsp3) is 0.0952. The Labute approximate surface area is 150 Å². The van der Waals surface area contributed by atoms with Crippen molar-refractivity contribution >= 4 is 34.6 Å². The fourth-order valence-corrected chi connectivity index (χ4v) is 2.74. The number of pyridine rings is 1. The van der Waals surface area contributed by atoms with Gasteiger partial charge in [0, 0.05) is 10.9 Å². The normalized spacial score (nSPS) is 11.2. The SMILES string of the molecule is CC(=O)c1cc(/C=C/c2ccc3c(C(C)=O)ccc(O)c3n2)ccc1O. The van der Waals surface area contributed by atoms with Crippen LogP contribution in [-0.2, 0) is 0 Å². The Kier molecular flexibility index (Phi) is 4.54. The second-order valence-corrected chi connectivity index (χ2v) is 5.99. The van der Waals surface area contributed by atoms with E-state index in [9.17, 15) is 19.8 Å². The lowest BCUT2D eigenvalue weighted by atomic mass is 10.0. The number of benzene rings is 2. The number of hydrogen-bond acceptors (Lipinski definition) is 5. The molecule has 0 unspecified atom stereocenters. The number of Topliss-reactive ketones (excluding diaryl/α,β-unsaturated/α-hetero) is 2.